The first kappa shape index (κ1) is 13.3. The predicted molar refractivity (Wildman–Crippen MR) is 73.5 cm³/mol. The monoisotopic (exact) mass is 259 g/mol. The molecule has 100 valence electrons. The zero-order chi connectivity index (χ0) is 13.5. The topological polar surface area (TPSA) is 69.4 Å². The number of ether oxygens (including phenoxy) is 2. The normalized spacial score (nSPS) is 10.2. The third-order valence-electron chi connectivity index (χ3n) is 2.59. The van der Waals surface area contributed by atoms with Gasteiger partial charge < -0.3 is 14.9 Å². The average molecular weight is 259 g/mol. The Morgan fingerprint density at radius 3 is 2.74 bits per heavy atom. The number of benzene rings is 1. The minimum Gasteiger partial charge on any atom is -0.489 e. The van der Waals surface area contributed by atoms with E-state index in [1.165, 1.54) is 0 Å². The van der Waals surface area contributed by atoms with E-state index in [0.717, 1.165) is 16.9 Å². The van der Waals surface area contributed by atoms with Crippen LogP contribution in [-0.2, 0) is 18.0 Å². The largest absolute Gasteiger partial charge is 0.489 e. The molecule has 0 amide bonds. The Labute approximate surface area is 112 Å². The molecule has 1 aromatic heterocycles. The van der Waals surface area contributed by atoms with Crippen LogP contribution in [0.3, 0.4) is 0 Å². The number of hydrogen-bond acceptors (Lipinski definition) is 5. The van der Waals surface area contributed by atoms with Crippen LogP contribution < -0.4 is 16.0 Å². The Morgan fingerprint density at radius 1 is 1.16 bits per heavy atom. The van der Waals surface area contributed by atoms with E-state index in [4.69, 9.17) is 15.3 Å². The van der Waals surface area contributed by atoms with Crippen molar-refractivity contribution in [2.45, 2.75) is 13.2 Å². The van der Waals surface area contributed by atoms with E-state index in [-0.39, 0.29) is 0 Å². The van der Waals surface area contributed by atoms with Gasteiger partial charge in [-0.2, -0.15) is 0 Å². The third-order valence-corrected chi connectivity index (χ3v) is 2.59. The van der Waals surface area contributed by atoms with E-state index in [1.807, 2.05) is 30.3 Å². The molecule has 2 rings (SSSR count). The molecule has 0 aliphatic carbocycles. The number of anilines is 1. The molecule has 0 fully saturated rings. The number of hydrazine groups is 1. The zero-order valence-corrected chi connectivity index (χ0v) is 10.8. The van der Waals surface area contributed by atoms with E-state index in [9.17, 15) is 0 Å². The summed E-state index contributed by atoms with van der Waals surface area (Å²) in [5, 5.41) is 0. The minimum absolute atomic E-state index is 0.467. The highest BCUT2D eigenvalue weighted by molar-refractivity contribution is 5.34. The van der Waals surface area contributed by atoms with Crippen LogP contribution in [0.4, 0.5) is 5.82 Å². The SMILES string of the molecule is COCc1cccc(OCc2ccc(NN)nc2)c1. The summed E-state index contributed by atoms with van der Waals surface area (Å²) in [4.78, 5) is 4.12. The number of nitrogen functional groups attached to an aromatic ring is 1. The maximum atomic E-state index is 5.71. The minimum atomic E-state index is 0.467. The van der Waals surface area contributed by atoms with Crippen molar-refractivity contribution in [2.24, 2.45) is 5.84 Å². The van der Waals surface area contributed by atoms with Crippen molar-refractivity contribution in [3.05, 3.63) is 53.7 Å². The van der Waals surface area contributed by atoms with Crippen LogP contribution in [0.5, 0.6) is 5.75 Å². The van der Waals surface area contributed by atoms with Gasteiger partial charge in [0.05, 0.1) is 6.61 Å². The number of aromatic nitrogens is 1. The first-order valence-corrected chi connectivity index (χ1v) is 5.94. The van der Waals surface area contributed by atoms with Crippen molar-refractivity contribution < 1.29 is 9.47 Å². The van der Waals surface area contributed by atoms with E-state index in [1.54, 1.807) is 19.4 Å². The molecular weight excluding hydrogens is 242 g/mol. The molecular formula is C14H17N3O2. The van der Waals surface area contributed by atoms with Gasteiger partial charge in [-0.15, -0.1) is 0 Å². The second kappa shape index (κ2) is 6.72. The molecule has 2 aromatic rings. The highest BCUT2D eigenvalue weighted by atomic mass is 16.5. The lowest BCUT2D eigenvalue weighted by atomic mass is 10.2. The second-order valence-corrected chi connectivity index (χ2v) is 4.07. The van der Waals surface area contributed by atoms with Gasteiger partial charge in [-0.05, 0) is 23.8 Å². The fourth-order valence-electron chi connectivity index (χ4n) is 1.65. The van der Waals surface area contributed by atoms with Crippen molar-refractivity contribution >= 4 is 5.82 Å². The first-order chi connectivity index (χ1) is 9.31. The molecule has 1 heterocycles. The summed E-state index contributed by atoms with van der Waals surface area (Å²) in [6.45, 7) is 1.05. The van der Waals surface area contributed by atoms with Gasteiger partial charge in [-0.3, -0.25) is 0 Å². The number of nitrogens with one attached hydrogen (secondary N) is 1. The van der Waals surface area contributed by atoms with Crippen molar-refractivity contribution in [1.82, 2.24) is 4.98 Å². The fraction of sp³-hybridized carbons (Fsp3) is 0.214. The van der Waals surface area contributed by atoms with Crippen LogP contribution in [0.25, 0.3) is 0 Å². The number of nitrogens with zero attached hydrogens (tertiary/aromatic N) is 1. The average Bonchev–Trinajstić information content (AvgIpc) is 2.46. The van der Waals surface area contributed by atoms with Crippen LogP contribution in [0.2, 0.25) is 0 Å². The molecule has 0 bridgehead atoms. The molecule has 1 aromatic carbocycles. The quantitative estimate of drug-likeness (QED) is 0.614. The molecule has 5 nitrogen and oxygen atoms in total. The molecule has 0 atom stereocenters. The zero-order valence-electron chi connectivity index (χ0n) is 10.8. The Balaban J connectivity index is 1.95. The van der Waals surface area contributed by atoms with Gasteiger partial charge in [-0.25, -0.2) is 10.8 Å². The second-order valence-electron chi connectivity index (χ2n) is 4.07. The van der Waals surface area contributed by atoms with Crippen molar-refractivity contribution in [1.29, 1.82) is 0 Å². The lowest BCUT2D eigenvalue weighted by Crippen LogP contribution is -2.08. The van der Waals surface area contributed by atoms with E-state index in [2.05, 4.69) is 10.4 Å². The van der Waals surface area contributed by atoms with E-state index >= 15 is 0 Å². The van der Waals surface area contributed by atoms with Gasteiger partial charge in [0.2, 0.25) is 0 Å². The molecule has 19 heavy (non-hydrogen) atoms. The van der Waals surface area contributed by atoms with Gasteiger partial charge in [0, 0.05) is 18.9 Å². The highest BCUT2D eigenvalue weighted by Crippen LogP contribution is 2.16. The summed E-state index contributed by atoms with van der Waals surface area (Å²) in [5.74, 6) is 6.70. The molecule has 0 radical (unpaired) electrons. The maximum Gasteiger partial charge on any atom is 0.139 e. The van der Waals surface area contributed by atoms with Gasteiger partial charge in [0.1, 0.15) is 18.2 Å². The van der Waals surface area contributed by atoms with Crippen LogP contribution in [0.1, 0.15) is 11.1 Å². The molecule has 0 unspecified atom stereocenters. The Kier molecular flexibility index (Phi) is 4.72. The molecule has 0 aliphatic heterocycles. The van der Waals surface area contributed by atoms with Crippen molar-refractivity contribution in [3.8, 4) is 5.75 Å². The van der Waals surface area contributed by atoms with Gasteiger partial charge in [-0.1, -0.05) is 18.2 Å². The smallest absolute Gasteiger partial charge is 0.139 e. The summed E-state index contributed by atoms with van der Waals surface area (Å²) >= 11 is 0. The number of rotatable bonds is 6. The summed E-state index contributed by atoms with van der Waals surface area (Å²) < 4.78 is 10.8. The number of nitrogens with two attached hydrogens (primary N) is 1. The first-order valence-electron chi connectivity index (χ1n) is 5.94. The Bertz CT molecular complexity index is 514. The molecule has 0 aliphatic rings. The summed E-state index contributed by atoms with van der Waals surface area (Å²) in [5.41, 5.74) is 4.55. The van der Waals surface area contributed by atoms with Gasteiger partial charge in [0.25, 0.3) is 0 Å². The third kappa shape index (κ3) is 3.94. The molecule has 0 saturated carbocycles. The highest BCUT2D eigenvalue weighted by Gasteiger charge is 1.99. The predicted octanol–water partition coefficient (Wildman–Crippen LogP) is 2.09. The van der Waals surface area contributed by atoms with E-state index < -0.39 is 0 Å². The van der Waals surface area contributed by atoms with Crippen LogP contribution in [0.15, 0.2) is 42.6 Å². The molecule has 0 saturated heterocycles. The standard InChI is InChI=1S/C14H17N3O2/c1-18-9-11-3-2-4-13(7-11)19-10-12-5-6-14(17-15)16-8-12/h2-8H,9-10,15H2,1H3,(H,16,17). The molecule has 3 N–H and O–H groups in total. The van der Waals surface area contributed by atoms with Crippen LogP contribution >= 0.6 is 0 Å². The fourth-order valence-corrected chi connectivity index (χ4v) is 1.65. The van der Waals surface area contributed by atoms with E-state index in [0.29, 0.717) is 19.0 Å². The molecule has 0 spiro atoms. The summed E-state index contributed by atoms with van der Waals surface area (Å²) in [6, 6.07) is 11.6. The summed E-state index contributed by atoms with van der Waals surface area (Å²) in [7, 11) is 1.67. The maximum absolute atomic E-state index is 5.71. The van der Waals surface area contributed by atoms with Crippen LogP contribution in [-0.4, -0.2) is 12.1 Å². The van der Waals surface area contributed by atoms with Gasteiger partial charge in [0.15, 0.2) is 0 Å². The van der Waals surface area contributed by atoms with Crippen molar-refractivity contribution in [3.63, 3.8) is 0 Å². The molecule has 5 heteroatoms. The Morgan fingerprint density at radius 2 is 2.05 bits per heavy atom. The lowest BCUT2D eigenvalue weighted by Gasteiger charge is -2.08. The number of pyridine rings is 1. The summed E-state index contributed by atoms with van der Waals surface area (Å²) in [6.07, 6.45) is 1.73. The number of hydrogen-bond donors (Lipinski definition) is 2. The lowest BCUT2D eigenvalue weighted by molar-refractivity contribution is 0.184. The van der Waals surface area contributed by atoms with Crippen LogP contribution in [0, 0.1) is 0 Å². The van der Waals surface area contributed by atoms with Gasteiger partial charge >= 0.3 is 0 Å². The Hall–Kier alpha value is -2.11. The number of methoxy groups -OCH3 is 1. The van der Waals surface area contributed by atoms with Crippen molar-refractivity contribution in [2.75, 3.05) is 12.5 Å².